The minimum absolute atomic E-state index is 0. The molecule has 1 aromatic heterocycles. The van der Waals surface area contributed by atoms with Gasteiger partial charge in [-0.2, -0.15) is 0 Å². The number of pyridine rings is 1. The Morgan fingerprint density at radius 2 is 1.62 bits per heavy atom. The van der Waals surface area contributed by atoms with Crippen LogP contribution in [-0.4, -0.2) is 18.2 Å². The van der Waals surface area contributed by atoms with E-state index in [-0.39, 0.29) is 18.2 Å². The number of fused-ring (bicyclic) bond motifs is 2. The topological polar surface area (TPSA) is 31.4 Å². The van der Waals surface area contributed by atoms with Gasteiger partial charge in [-0.1, -0.05) is 29.8 Å². The first-order valence-corrected chi connectivity index (χ1v) is 9.32. The van der Waals surface area contributed by atoms with Gasteiger partial charge in [-0.15, -0.1) is 0 Å². The van der Waals surface area contributed by atoms with Crippen LogP contribution in [0.4, 0.5) is 4.39 Å². The van der Waals surface area contributed by atoms with Gasteiger partial charge < -0.3 is 21.9 Å². The Morgan fingerprint density at radius 3 is 2.45 bits per heavy atom. The maximum Gasteiger partial charge on any atom is 0.162 e. The van der Waals surface area contributed by atoms with Gasteiger partial charge in [0, 0.05) is 21.5 Å². The Hall–Kier alpha value is -2.82. The molecule has 6 heteroatoms. The summed E-state index contributed by atoms with van der Waals surface area (Å²) in [5.41, 5.74) is 3.60. The second-order valence-corrected chi connectivity index (χ2v) is 6.99. The van der Waals surface area contributed by atoms with Gasteiger partial charge in [0.25, 0.3) is 0 Å². The summed E-state index contributed by atoms with van der Waals surface area (Å²) in [6.45, 7) is 1.05. The molecule has 4 aromatic rings. The quantitative estimate of drug-likeness (QED) is 0.493. The Bertz CT molecular complexity index is 1210. The third-order valence-electron chi connectivity index (χ3n) is 4.77. The Kier molecular flexibility index (Phi) is 5.31. The van der Waals surface area contributed by atoms with Crippen molar-refractivity contribution in [3.63, 3.8) is 0 Å². The van der Waals surface area contributed by atoms with E-state index in [0.29, 0.717) is 29.5 Å². The van der Waals surface area contributed by atoms with E-state index >= 15 is 0 Å². The number of halogens is 3. The van der Waals surface area contributed by atoms with Crippen molar-refractivity contribution < 1.29 is 26.3 Å². The fourth-order valence-electron chi connectivity index (χ4n) is 3.45. The average molecular weight is 427 g/mol. The molecule has 0 unspecified atom stereocenters. The molecule has 3 aromatic carbocycles. The SMILES string of the molecule is Fc1ccccc1-c1cc(-c2ccc3c(c2)OCCO3)nc2ccc(Cl)cc12.[Cl-]. The van der Waals surface area contributed by atoms with Crippen LogP contribution in [0.1, 0.15) is 0 Å². The summed E-state index contributed by atoms with van der Waals surface area (Å²) in [5.74, 6) is 1.12. The van der Waals surface area contributed by atoms with E-state index in [1.807, 2.05) is 42.5 Å². The predicted molar refractivity (Wildman–Crippen MR) is 109 cm³/mol. The largest absolute Gasteiger partial charge is 1.00 e. The lowest BCUT2D eigenvalue weighted by Gasteiger charge is -2.19. The third-order valence-corrected chi connectivity index (χ3v) is 5.01. The zero-order chi connectivity index (χ0) is 19.1. The highest BCUT2D eigenvalue weighted by Crippen LogP contribution is 2.38. The van der Waals surface area contributed by atoms with Crippen LogP contribution in [0.2, 0.25) is 5.02 Å². The molecule has 0 saturated carbocycles. The van der Waals surface area contributed by atoms with E-state index in [4.69, 9.17) is 26.1 Å². The summed E-state index contributed by atoms with van der Waals surface area (Å²) in [7, 11) is 0. The molecule has 0 saturated heterocycles. The van der Waals surface area contributed by atoms with Gasteiger partial charge in [-0.25, -0.2) is 9.37 Å². The van der Waals surface area contributed by atoms with Crippen molar-refractivity contribution in [2.75, 3.05) is 13.2 Å². The van der Waals surface area contributed by atoms with Gasteiger partial charge in [-0.05, 0) is 54.1 Å². The van der Waals surface area contributed by atoms with Crippen LogP contribution in [0.5, 0.6) is 11.5 Å². The van der Waals surface area contributed by atoms with Crippen LogP contribution >= 0.6 is 11.6 Å². The zero-order valence-corrected chi connectivity index (χ0v) is 16.7. The monoisotopic (exact) mass is 426 g/mol. The maximum atomic E-state index is 14.6. The molecule has 0 amide bonds. The molecule has 2 heterocycles. The molecule has 0 N–H and O–H groups in total. The van der Waals surface area contributed by atoms with Gasteiger partial charge in [0.15, 0.2) is 11.5 Å². The van der Waals surface area contributed by atoms with Gasteiger partial charge >= 0.3 is 0 Å². The molecule has 0 fully saturated rings. The van der Waals surface area contributed by atoms with Crippen molar-refractivity contribution in [1.29, 1.82) is 0 Å². The molecule has 1 aliphatic heterocycles. The van der Waals surface area contributed by atoms with Gasteiger partial charge in [0.05, 0.1) is 11.2 Å². The predicted octanol–water partition coefficient (Wildman–Crippen LogP) is 3.14. The molecule has 5 rings (SSSR count). The molecular formula is C23H15Cl2FNO2-. The Balaban J connectivity index is 0.00000205. The van der Waals surface area contributed by atoms with Crippen LogP contribution in [-0.2, 0) is 0 Å². The van der Waals surface area contributed by atoms with Crippen LogP contribution in [0.15, 0.2) is 66.7 Å². The number of hydrogen-bond acceptors (Lipinski definition) is 3. The summed E-state index contributed by atoms with van der Waals surface area (Å²) in [6, 6.07) is 19.8. The summed E-state index contributed by atoms with van der Waals surface area (Å²) in [5, 5.41) is 1.39. The van der Waals surface area contributed by atoms with Crippen molar-refractivity contribution in [1.82, 2.24) is 4.98 Å². The Labute approximate surface area is 178 Å². The highest BCUT2D eigenvalue weighted by molar-refractivity contribution is 6.31. The number of benzene rings is 3. The van der Waals surface area contributed by atoms with Crippen molar-refractivity contribution in [3.05, 3.63) is 77.6 Å². The van der Waals surface area contributed by atoms with Gasteiger partial charge in [0.1, 0.15) is 19.0 Å². The van der Waals surface area contributed by atoms with E-state index in [1.54, 1.807) is 18.2 Å². The van der Waals surface area contributed by atoms with Crippen molar-refractivity contribution in [2.24, 2.45) is 0 Å². The fourth-order valence-corrected chi connectivity index (χ4v) is 3.62. The van der Waals surface area contributed by atoms with Gasteiger partial charge in [0.2, 0.25) is 0 Å². The lowest BCUT2D eigenvalue weighted by Crippen LogP contribution is -3.00. The van der Waals surface area contributed by atoms with Crippen LogP contribution < -0.4 is 21.9 Å². The molecule has 0 bridgehead atoms. The molecule has 3 nitrogen and oxygen atoms in total. The molecule has 0 radical (unpaired) electrons. The molecule has 146 valence electrons. The van der Waals surface area contributed by atoms with Crippen molar-refractivity contribution in [2.45, 2.75) is 0 Å². The summed E-state index contributed by atoms with van der Waals surface area (Å²) < 4.78 is 25.9. The Morgan fingerprint density at radius 1 is 0.828 bits per heavy atom. The summed E-state index contributed by atoms with van der Waals surface area (Å²) >= 11 is 6.20. The van der Waals surface area contributed by atoms with Crippen LogP contribution in [0, 0.1) is 5.82 Å². The number of nitrogens with zero attached hydrogens (tertiary/aromatic N) is 1. The second-order valence-electron chi connectivity index (χ2n) is 6.55. The fraction of sp³-hybridized carbons (Fsp3) is 0.0870. The maximum absolute atomic E-state index is 14.6. The average Bonchev–Trinajstić information content (AvgIpc) is 2.73. The first kappa shape index (κ1) is 19.5. The molecular weight excluding hydrogens is 412 g/mol. The van der Waals surface area contributed by atoms with E-state index in [0.717, 1.165) is 33.5 Å². The van der Waals surface area contributed by atoms with E-state index in [2.05, 4.69) is 0 Å². The van der Waals surface area contributed by atoms with E-state index < -0.39 is 0 Å². The van der Waals surface area contributed by atoms with Crippen molar-refractivity contribution >= 4 is 22.5 Å². The number of aromatic nitrogens is 1. The summed E-state index contributed by atoms with van der Waals surface area (Å²) in [4.78, 5) is 4.77. The van der Waals surface area contributed by atoms with E-state index in [9.17, 15) is 4.39 Å². The zero-order valence-electron chi connectivity index (χ0n) is 15.2. The minimum atomic E-state index is -0.289. The summed E-state index contributed by atoms with van der Waals surface area (Å²) in [6.07, 6.45) is 0. The molecule has 0 spiro atoms. The van der Waals surface area contributed by atoms with Gasteiger partial charge in [-0.3, -0.25) is 0 Å². The highest BCUT2D eigenvalue weighted by atomic mass is 35.5. The third kappa shape index (κ3) is 3.61. The number of hydrogen-bond donors (Lipinski definition) is 0. The smallest absolute Gasteiger partial charge is 0.162 e. The van der Waals surface area contributed by atoms with Crippen LogP contribution in [0.25, 0.3) is 33.3 Å². The lowest BCUT2D eigenvalue weighted by atomic mass is 9.97. The van der Waals surface area contributed by atoms with E-state index in [1.165, 1.54) is 6.07 Å². The second kappa shape index (κ2) is 7.90. The molecule has 29 heavy (non-hydrogen) atoms. The minimum Gasteiger partial charge on any atom is -1.00 e. The number of ether oxygens (including phenoxy) is 2. The molecule has 1 aliphatic rings. The molecule has 0 aliphatic carbocycles. The number of rotatable bonds is 2. The lowest BCUT2D eigenvalue weighted by molar-refractivity contribution is -0.00000652. The normalized spacial score (nSPS) is 12.5. The first-order valence-electron chi connectivity index (χ1n) is 8.94. The van der Waals surface area contributed by atoms with Crippen LogP contribution in [0.3, 0.4) is 0 Å². The highest BCUT2D eigenvalue weighted by Gasteiger charge is 2.16. The first-order chi connectivity index (χ1) is 13.7. The van der Waals surface area contributed by atoms with Crippen molar-refractivity contribution in [3.8, 4) is 33.9 Å². The standard InChI is InChI=1S/C23H15ClFNO2.ClH/c24-15-6-7-20-18(12-15)17(16-3-1-2-4-19(16)25)13-21(26-20)14-5-8-22-23(11-14)28-10-9-27-22;/h1-8,11-13H,9-10H2;1H/p-1. The molecule has 0 atom stereocenters.